The molecule has 1 amide bonds. The fourth-order valence-electron chi connectivity index (χ4n) is 2.63. The fraction of sp³-hybridized carbons (Fsp3) is 0.312. The van der Waals surface area contributed by atoms with E-state index in [2.05, 4.69) is 32.3 Å². The van der Waals surface area contributed by atoms with Crippen LogP contribution in [0.4, 0.5) is 5.82 Å². The Morgan fingerprint density at radius 2 is 2.00 bits per heavy atom. The molecule has 108 valence electrons. The Balaban J connectivity index is 1.96. The van der Waals surface area contributed by atoms with Crippen LogP contribution in [-0.2, 0) is 13.0 Å². The third kappa shape index (κ3) is 2.72. The van der Waals surface area contributed by atoms with Crippen LogP contribution in [-0.4, -0.2) is 29.5 Å². The number of hydrogen-bond acceptors (Lipinski definition) is 4. The van der Waals surface area contributed by atoms with Crippen molar-refractivity contribution < 1.29 is 4.79 Å². The number of carbonyl (C=O) groups is 1. The third-order valence-corrected chi connectivity index (χ3v) is 3.60. The molecule has 21 heavy (non-hydrogen) atoms. The summed E-state index contributed by atoms with van der Waals surface area (Å²) in [7, 11) is 2.00. The van der Waals surface area contributed by atoms with E-state index in [-0.39, 0.29) is 5.91 Å². The Morgan fingerprint density at radius 1 is 1.24 bits per heavy atom. The van der Waals surface area contributed by atoms with E-state index in [0.717, 1.165) is 24.3 Å². The second kappa shape index (κ2) is 5.52. The lowest BCUT2D eigenvalue weighted by atomic mass is 10.1. The second-order valence-electron chi connectivity index (χ2n) is 5.27. The van der Waals surface area contributed by atoms with Crippen LogP contribution < -0.4 is 10.2 Å². The largest absolute Gasteiger partial charge is 0.355 e. The van der Waals surface area contributed by atoms with Gasteiger partial charge in [-0.3, -0.25) is 4.79 Å². The molecule has 1 N–H and O–H groups in total. The molecule has 0 unspecified atom stereocenters. The van der Waals surface area contributed by atoms with E-state index in [9.17, 15) is 4.79 Å². The molecule has 1 aliphatic rings. The van der Waals surface area contributed by atoms with Gasteiger partial charge in [-0.1, -0.05) is 30.3 Å². The van der Waals surface area contributed by atoms with Gasteiger partial charge in [0, 0.05) is 25.7 Å². The fourth-order valence-corrected chi connectivity index (χ4v) is 2.63. The molecule has 0 spiro atoms. The molecule has 0 aliphatic carbocycles. The monoisotopic (exact) mass is 282 g/mol. The Morgan fingerprint density at radius 3 is 2.76 bits per heavy atom. The summed E-state index contributed by atoms with van der Waals surface area (Å²) in [6.45, 7) is 3.22. The van der Waals surface area contributed by atoms with Crippen molar-refractivity contribution in [2.75, 3.05) is 18.5 Å². The molecule has 0 radical (unpaired) electrons. The Hall–Kier alpha value is -2.43. The zero-order valence-corrected chi connectivity index (χ0v) is 12.3. The third-order valence-electron chi connectivity index (χ3n) is 3.60. The Kier molecular flexibility index (Phi) is 3.56. The molecule has 1 aliphatic heterocycles. The normalized spacial score (nSPS) is 13.5. The van der Waals surface area contributed by atoms with Crippen LogP contribution >= 0.6 is 0 Å². The number of aromatic nitrogens is 2. The van der Waals surface area contributed by atoms with Crippen molar-refractivity contribution in [1.29, 1.82) is 0 Å². The highest BCUT2D eigenvalue weighted by molar-refractivity contribution is 5.96. The quantitative estimate of drug-likeness (QED) is 0.931. The zero-order chi connectivity index (χ0) is 14.8. The first-order valence-electron chi connectivity index (χ1n) is 7.06. The summed E-state index contributed by atoms with van der Waals surface area (Å²) in [6, 6.07) is 10.2. The SMILES string of the molecule is Cc1nc2c(c(N(C)Cc3ccccc3)n1)CCNC2=O. The summed E-state index contributed by atoms with van der Waals surface area (Å²) in [5, 5.41) is 2.83. The molecule has 0 atom stereocenters. The predicted octanol–water partition coefficient (Wildman–Crippen LogP) is 1.71. The standard InChI is InChI=1S/C16H18N4O/c1-11-18-14-13(8-9-17-16(14)21)15(19-11)20(2)10-12-6-4-3-5-7-12/h3-7H,8-10H2,1-2H3,(H,17,21). The number of aryl methyl sites for hydroxylation is 1. The van der Waals surface area contributed by atoms with Crippen LogP contribution in [0.5, 0.6) is 0 Å². The number of fused-ring (bicyclic) bond motifs is 1. The number of amides is 1. The molecule has 0 fully saturated rings. The smallest absolute Gasteiger partial charge is 0.270 e. The van der Waals surface area contributed by atoms with Crippen molar-refractivity contribution >= 4 is 11.7 Å². The van der Waals surface area contributed by atoms with E-state index in [1.54, 1.807) is 0 Å². The molecular weight excluding hydrogens is 264 g/mol. The van der Waals surface area contributed by atoms with Crippen LogP contribution in [0.2, 0.25) is 0 Å². The van der Waals surface area contributed by atoms with E-state index in [1.807, 2.05) is 32.2 Å². The molecule has 2 heterocycles. The number of carbonyl (C=O) groups excluding carboxylic acids is 1. The molecule has 2 aromatic rings. The maximum atomic E-state index is 12.0. The van der Waals surface area contributed by atoms with Gasteiger partial charge in [0.15, 0.2) is 0 Å². The molecule has 5 heteroatoms. The maximum Gasteiger partial charge on any atom is 0.270 e. The van der Waals surface area contributed by atoms with Crippen molar-refractivity contribution in [2.45, 2.75) is 19.9 Å². The molecular formula is C16H18N4O. The Bertz CT molecular complexity index is 669. The molecule has 5 nitrogen and oxygen atoms in total. The van der Waals surface area contributed by atoms with Gasteiger partial charge >= 0.3 is 0 Å². The first kappa shape index (κ1) is 13.5. The van der Waals surface area contributed by atoms with Crippen molar-refractivity contribution in [2.24, 2.45) is 0 Å². The van der Waals surface area contributed by atoms with Gasteiger partial charge in [-0.25, -0.2) is 9.97 Å². The van der Waals surface area contributed by atoms with Crippen LogP contribution in [0.25, 0.3) is 0 Å². The van der Waals surface area contributed by atoms with Crippen molar-refractivity contribution in [3.63, 3.8) is 0 Å². The lowest BCUT2D eigenvalue weighted by Gasteiger charge is -2.25. The van der Waals surface area contributed by atoms with E-state index >= 15 is 0 Å². The van der Waals surface area contributed by atoms with E-state index < -0.39 is 0 Å². The molecule has 0 saturated heterocycles. The van der Waals surface area contributed by atoms with Gasteiger partial charge in [0.1, 0.15) is 17.3 Å². The van der Waals surface area contributed by atoms with E-state index in [0.29, 0.717) is 18.1 Å². The van der Waals surface area contributed by atoms with Gasteiger partial charge in [-0.05, 0) is 18.9 Å². The minimum atomic E-state index is -0.101. The minimum Gasteiger partial charge on any atom is -0.355 e. The highest BCUT2D eigenvalue weighted by atomic mass is 16.1. The molecule has 0 saturated carbocycles. The van der Waals surface area contributed by atoms with Gasteiger partial charge < -0.3 is 10.2 Å². The number of anilines is 1. The van der Waals surface area contributed by atoms with Crippen LogP contribution in [0.3, 0.4) is 0 Å². The second-order valence-corrected chi connectivity index (χ2v) is 5.27. The van der Waals surface area contributed by atoms with Gasteiger partial charge in [-0.15, -0.1) is 0 Å². The number of nitrogens with one attached hydrogen (secondary N) is 1. The zero-order valence-electron chi connectivity index (χ0n) is 12.3. The highest BCUT2D eigenvalue weighted by Gasteiger charge is 2.24. The average molecular weight is 282 g/mol. The van der Waals surface area contributed by atoms with Crippen molar-refractivity contribution in [3.8, 4) is 0 Å². The number of hydrogen-bond donors (Lipinski definition) is 1. The van der Waals surface area contributed by atoms with Crippen LogP contribution in [0.1, 0.15) is 27.4 Å². The van der Waals surface area contributed by atoms with Gasteiger partial charge in [-0.2, -0.15) is 0 Å². The lowest BCUT2D eigenvalue weighted by Crippen LogP contribution is -2.35. The van der Waals surface area contributed by atoms with Crippen molar-refractivity contribution in [1.82, 2.24) is 15.3 Å². The summed E-state index contributed by atoms with van der Waals surface area (Å²) < 4.78 is 0. The maximum absolute atomic E-state index is 12.0. The van der Waals surface area contributed by atoms with Gasteiger partial charge in [0.2, 0.25) is 0 Å². The molecule has 1 aromatic heterocycles. The molecule has 1 aromatic carbocycles. The average Bonchev–Trinajstić information content (AvgIpc) is 2.48. The van der Waals surface area contributed by atoms with Crippen molar-refractivity contribution in [3.05, 3.63) is 53.0 Å². The topological polar surface area (TPSA) is 58.1 Å². The molecule has 3 rings (SSSR count). The minimum absolute atomic E-state index is 0.101. The van der Waals surface area contributed by atoms with E-state index in [4.69, 9.17) is 0 Å². The summed E-state index contributed by atoms with van der Waals surface area (Å²) in [4.78, 5) is 22.9. The number of nitrogens with zero attached hydrogens (tertiary/aromatic N) is 3. The van der Waals surface area contributed by atoms with Gasteiger partial charge in [0.05, 0.1) is 0 Å². The van der Waals surface area contributed by atoms with Crippen LogP contribution in [0.15, 0.2) is 30.3 Å². The lowest BCUT2D eigenvalue weighted by molar-refractivity contribution is 0.0940. The first-order valence-corrected chi connectivity index (χ1v) is 7.06. The first-order chi connectivity index (χ1) is 10.1. The summed E-state index contributed by atoms with van der Waals surface area (Å²) >= 11 is 0. The highest BCUT2D eigenvalue weighted by Crippen LogP contribution is 2.24. The van der Waals surface area contributed by atoms with Crippen LogP contribution in [0, 0.1) is 6.92 Å². The summed E-state index contributed by atoms with van der Waals surface area (Å²) in [5.74, 6) is 1.38. The predicted molar refractivity (Wildman–Crippen MR) is 81.4 cm³/mol. The summed E-state index contributed by atoms with van der Waals surface area (Å²) in [6.07, 6.45) is 0.774. The van der Waals surface area contributed by atoms with Gasteiger partial charge in [0.25, 0.3) is 5.91 Å². The Labute approximate surface area is 124 Å². The molecule has 0 bridgehead atoms. The summed E-state index contributed by atoms with van der Waals surface area (Å²) in [5.41, 5.74) is 2.68. The van der Waals surface area contributed by atoms with E-state index in [1.165, 1.54) is 5.56 Å². The number of rotatable bonds is 3. The number of benzene rings is 1.